The summed E-state index contributed by atoms with van der Waals surface area (Å²) in [6.07, 6.45) is 0. The molecule has 0 fully saturated rings. The maximum atomic E-state index is 6.04. The Morgan fingerprint density at radius 3 is 2.81 bits per heavy atom. The van der Waals surface area contributed by atoms with Gasteiger partial charge in [0.1, 0.15) is 5.82 Å². The van der Waals surface area contributed by atoms with Gasteiger partial charge >= 0.3 is 0 Å². The average molecular weight is 321 g/mol. The van der Waals surface area contributed by atoms with Crippen LogP contribution in [0.1, 0.15) is 30.5 Å². The van der Waals surface area contributed by atoms with E-state index in [0.29, 0.717) is 11.2 Å². The molecule has 86 valence electrons. The molecule has 0 aliphatic heterocycles. The first-order valence-electron chi connectivity index (χ1n) is 4.90. The zero-order valence-electron chi connectivity index (χ0n) is 8.94. The molecule has 0 aromatic carbocycles. The van der Waals surface area contributed by atoms with Crippen LogP contribution in [0.3, 0.4) is 0 Å². The van der Waals surface area contributed by atoms with Crippen LogP contribution in [-0.4, -0.2) is 14.8 Å². The Balaban J connectivity index is 2.34. The Kier molecular flexibility index (Phi) is 3.66. The third-order valence-electron chi connectivity index (χ3n) is 2.24. The molecule has 0 bridgehead atoms. The molecule has 0 aliphatic carbocycles. The average Bonchev–Trinajstić information content (AvgIpc) is 2.76. The molecular weight excluding hydrogens is 310 g/mol. The summed E-state index contributed by atoms with van der Waals surface area (Å²) in [5.41, 5.74) is 0. The Morgan fingerprint density at radius 1 is 1.50 bits per heavy atom. The molecule has 0 unspecified atom stereocenters. The summed E-state index contributed by atoms with van der Waals surface area (Å²) in [4.78, 5) is 1.23. The Labute approximate surface area is 112 Å². The summed E-state index contributed by atoms with van der Waals surface area (Å²) in [5.74, 6) is 1.24. The van der Waals surface area contributed by atoms with Crippen molar-refractivity contribution in [1.29, 1.82) is 0 Å². The van der Waals surface area contributed by atoms with Gasteiger partial charge < -0.3 is 0 Å². The molecule has 16 heavy (non-hydrogen) atoms. The van der Waals surface area contributed by atoms with Crippen LogP contribution in [0.2, 0.25) is 5.28 Å². The van der Waals surface area contributed by atoms with E-state index in [1.54, 1.807) is 11.3 Å². The SMILES string of the molecule is CC(C)c1nnc(Cl)n1Cc1sccc1Br. The van der Waals surface area contributed by atoms with E-state index >= 15 is 0 Å². The van der Waals surface area contributed by atoms with E-state index in [0.717, 1.165) is 16.8 Å². The van der Waals surface area contributed by atoms with Gasteiger partial charge in [-0.25, -0.2) is 0 Å². The molecule has 0 radical (unpaired) electrons. The second-order valence-electron chi connectivity index (χ2n) is 3.76. The van der Waals surface area contributed by atoms with Gasteiger partial charge in [-0.3, -0.25) is 4.57 Å². The number of halogens is 2. The summed E-state index contributed by atoms with van der Waals surface area (Å²) in [6, 6.07) is 2.04. The number of nitrogens with zero attached hydrogens (tertiary/aromatic N) is 3. The summed E-state index contributed by atoms with van der Waals surface area (Å²) < 4.78 is 3.06. The Morgan fingerprint density at radius 2 is 2.25 bits per heavy atom. The van der Waals surface area contributed by atoms with Gasteiger partial charge in [0.2, 0.25) is 5.28 Å². The molecule has 0 spiro atoms. The van der Waals surface area contributed by atoms with Crippen molar-refractivity contribution in [3.63, 3.8) is 0 Å². The molecule has 0 amide bonds. The lowest BCUT2D eigenvalue weighted by Gasteiger charge is -2.08. The number of aromatic nitrogens is 3. The molecule has 0 aliphatic rings. The van der Waals surface area contributed by atoms with E-state index in [4.69, 9.17) is 11.6 Å². The quantitative estimate of drug-likeness (QED) is 0.858. The van der Waals surface area contributed by atoms with Crippen molar-refractivity contribution in [1.82, 2.24) is 14.8 Å². The van der Waals surface area contributed by atoms with Gasteiger partial charge in [-0.1, -0.05) is 13.8 Å². The van der Waals surface area contributed by atoms with Gasteiger partial charge in [-0.05, 0) is 39.0 Å². The molecule has 3 nitrogen and oxygen atoms in total. The minimum absolute atomic E-state index is 0.318. The van der Waals surface area contributed by atoms with Gasteiger partial charge in [0.05, 0.1) is 6.54 Å². The number of hydrogen-bond acceptors (Lipinski definition) is 3. The molecule has 0 atom stereocenters. The summed E-state index contributed by atoms with van der Waals surface area (Å²) in [7, 11) is 0. The van der Waals surface area contributed by atoms with Crippen molar-refractivity contribution >= 4 is 38.9 Å². The second-order valence-corrected chi connectivity index (χ2v) is 5.95. The first-order valence-corrected chi connectivity index (χ1v) is 6.95. The highest BCUT2D eigenvalue weighted by atomic mass is 79.9. The highest BCUT2D eigenvalue weighted by Crippen LogP contribution is 2.26. The van der Waals surface area contributed by atoms with Crippen LogP contribution in [-0.2, 0) is 6.54 Å². The van der Waals surface area contributed by atoms with Gasteiger partial charge in [0.25, 0.3) is 0 Å². The van der Waals surface area contributed by atoms with Crippen molar-refractivity contribution in [3.05, 3.63) is 31.9 Å². The van der Waals surface area contributed by atoms with E-state index in [1.165, 1.54) is 4.88 Å². The van der Waals surface area contributed by atoms with E-state index in [9.17, 15) is 0 Å². The minimum Gasteiger partial charge on any atom is -0.296 e. The summed E-state index contributed by atoms with van der Waals surface area (Å²) in [6.45, 7) is 4.89. The predicted octanol–water partition coefficient (Wildman–Crippen LogP) is 3.93. The zero-order valence-corrected chi connectivity index (χ0v) is 12.1. The van der Waals surface area contributed by atoms with Gasteiger partial charge in [-0.2, -0.15) is 0 Å². The Bertz CT molecular complexity index is 492. The van der Waals surface area contributed by atoms with Crippen molar-refractivity contribution in [2.24, 2.45) is 0 Å². The molecular formula is C10H11BrClN3S. The fraction of sp³-hybridized carbons (Fsp3) is 0.400. The molecule has 2 aromatic heterocycles. The number of thiophene rings is 1. The predicted molar refractivity (Wildman–Crippen MR) is 70.2 cm³/mol. The van der Waals surface area contributed by atoms with Crippen LogP contribution in [0.25, 0.3) is 0 Å². The standard InChI is InChI=1S/C10H11BrClN3S/c1-6(2)9-13-14-10(12)15(9)5-8-7(11)3-4-16-8/h3-4,6H,5H2,1-2H3. The molecule has 2 aromatic rings. The van der Waals surface area contributed by atoms with Gasteiger partial charge in [0.15, 0.2) is 0 Å². The molecule has 0 saturated heterocycles. The molecule has 0 saturated carbocycles. The van der Waals surface area contributed by atoms with Crippen LogP contribution >= 0.6 is 38.9 Å². The smallest absolute Gasteiger partial charge is 0.225 e. The van der Waals surface area contributed by atoms with Crippen LogP contribution in [0.4, 0.5) is 0 Å². The first kappa shape index (κ1) is 12.1. The van der Waals surface area contributed by atoms with Crippen molar-refractivity contribution in [2.75, 3.05) is 0 Å². The second kappa shape index (κ2) is 4.85. The molecule has 0 N–H and O–H groups in total. The topological polar surface area (TPSA) is 30.7 Å². The molecule has 2 rings (SSSR count). The normalized spacial score (nSPS) is 11.3. The maximum Gasteiger partial charge on any atom is 0.225 e. The summed E-state index contributed by atoms with van der Waals surface area (Å²) >= 11 is 11.2. The van der Waals surface area contributed by atoms with Crippen LogP contribution < -0.4 is 0 Å². The van der Waals surface area contributed by atoms with Crippen molar-refractivity contribution in [3.8, 4) is 0 Å². The van der Waals surface area contributed by atoms with E-state index < -0.39 is 0 Å². The van der Waals surface area contributed by atoms with Crippen molar-refractivity contribution < 1.29 is 0 Å². The zero-order chi connectivity index (χ0) is 11.7. The van der Waals surface area contributed by atoms with Crippen LogP contribution in [0.5, 0.6) is 0 Å². The lowest BCUT2D eigenvalue weighted by Crippen LogP contribution is -2.06. The van der Waals surface area contributed by atoms with E-state index in [-0.39, 0.29) is 0 Å². The third-order valence-corrected chi connectivity index (χ3v) is 4.43. The minimum atomic E-state index is 0.318. The van der Waals surface area contributed by atoms with E-state index in [1.807, 2.05) is 16.0 Å². The maximum absolute atomic E-state index is 6.04. The van der Waals surface area contributed by atoms with Crippen LogP contribution in [0.15, 0.2) is 15.9 Å². The first-order chi connectivity index (χ1) is 7.59. The molecule has 6 heteroatoms. The summed E-state index contributed by atoms with van der Waals surface area (Å²) in [5, 5.41) is 10.5. The monoisotopic (exact) mass is 319 g/mol. The van der Waals surface area contributed by atoms with E-state index in [2.05, 4.69) is 40.0 Å². The lowest BCUT2D eigenvalue weighted by molar-refractivity contribution is 0.673. The number of hydrogen-bond donors (Lipinski definition) is 0. The van der Waals surface area contributed by atoms with Gasteiger partial charge in [0, 0.05) is 15.3 Å². The lowest BCUT2D eigenvalue weighted by atomic mass is 10.2. The molecule has 2 heterocycles. The van der Waals surface area contributed by atoms with Crippen molar-refractivity contribution in [2.45, 2.75) is 26.3 Å². The van der Waals surface area contributed by atoms with Crippen LogP contribution in [0, 0.1) is 0 Å². The largest absolute Gasteiger partial charge is 0.296 e. The van der Waals surface area contributed by atoms with Gasteiger partial charge in [-0.15, -0.1) is 21.5 Å². The Hall–Kier alpha value is -0.390. The highest BCUT2D eigenvalue weighted by Gasteiger charge is 2.15. The highest BCUT2D eigenvalue weighted by molar-refractivity contribution is 9.10. The fourth-order valence-corrected chi connectivity index (χ4v) is 3.10. The number of rotatable bonds is 3. The fourth-order valence-electron chi connectivity index (χ4n) is 1.45. The third kappa shape index (κ3) is 2.31.